The zero-order chi connectivity index (χ0) is 58.9. The molecule has 6 rings (SSSR count). The Kier molecular flexibility index (Phi) is 57.3. The molecule has 483 valence electrons. The maximum Gasteiger partial charge on any atom is 1.00 e. The molecule has 85 heavy (non-hydrogen) atoms. The number of hydrogen-bond acceptors (Lipinski definition) is 6. The van der Waals surface area contributed by atoms with E-state index < -0.39 is 0 Å². The zero-order valence-electron chi connectivity index (χ0n) is 59.1. The Labute approximate surface area is 582 Å². The van der Waals surface area contributed by atoms with Crippen molar-refractivity contribution in [1.82, 2.24) is 11.5 Å². The van der Waals surface area contributed by atoms with E-state index in [0.29, 0.717) is 47.3 Å². The number of nitrogens with two attached hydrogens (primary N) is 1. The van der Waals surface area contributed by atoms with Gasteiger partial charge in [-0.3, -0.25) is 9.57 Å². The zero-order valence-corrected chi connectivity index (χ0v) is 64.1. The van der Waals surface area contributed by atoms with Gasteiger partial charge in [0.05, 0.1) is 6.54 Å². The SMILES string of the molecule is C1CCOC1.CC(C)c1cccc(C(C)C)c1CCCN.CCC=NCCCc1c(C(C)C)cccc1C(C)C.CCCNCCCc1c(C(C)C)cccc1C(C)C.CCC[N+]1=CN(c2c(C(C)C)cccc2C(C)C)CC1.Cl.I.N.[B].[Cl-].[H-].[HH].[Na+]. The average Bonchev–Trinajstić information content (AvgIpc) is 4.17. The van der Waals surface area contributed by atoms with Gasteiger partial charge in [0.25, 0.3) is 0 Å². The summed E-state index contributed by atoms with van der Waals surface area (Å²) in [4.78, 5) is 6.90. The molecule has 6 N–H and O–H groups in total. The molecule has 0 saturated carbocycles. The second-order valence-corrected chi connectivity index (χ2v) is 24.8. The molecule has 0 aromatic heterocycles. The van der Waals surface area contributed by atoms with Crippen molar-refractivity contribution in [2.75, 3.05) is 63.9 Å². The smallest absolute Gasteiger partial charge is 1.00 e. The van der Waals surface area contributed by atoms with Crippen LogP contribution in [0.5, 0.6) is 0 Å². The quantitative estimate of drug-likeness (QED) is 0.0202. The molecule has 2 heterocycles. The van der Waals surface area contributed by atoms with Gasteiger partial charge in [0.2, 0.25) is 6.34 Å². The van der Waals surface area contributed by atoms with Crippen molar-refractivity contribution in [3.8, 4) is 0 Å². The standard InChI is InChI=1S/C18H29N2.C18H31N.C18H29N.C15H25N.C4H8O.B.2ClH.HI.H3N.Na.H2.H/c1-6-10-19-11-12-20(13-19)18-16(14(2)3)8-7-9-17(18)15(4)5;2*1-6-12-19-13-8-11-18-16(14(2)3)9-7-10-17(18)15(4)5;1-11(2)13-7-5-8-14(12(3)4)15(13)9-6-10-16;1-2-4-5-3-1;;;;;;;;/h7-9,13-15H,6,10-12H2,1-5H3;7,9-10,14-15,19H,6,8,11-13H2,1-5H3;7,9-10,12,14-15H,6,8,11,13H2,1-5H3;5,7-8,11-12H,6,9-10,16H2,1-4H3;1-4H2;;3*1H;1H3;;1H;/q+1;;;;;;;;;;+1;;-1/p-1. The van der Waals surface area contributed by atoms with Crippen molar-refractivity contribution >= 4 is 63.0 Å². The van der Waals surface area contributed by atoms with Gasteiger partial charge in [0, 0.05) is 40.7 Å². The first-order valence-electron chi connectivity index (χ1n) is 32.1. The van der Waals surface area contributed by atoms with Gasteiger partial charge in [0.1, 0.15) is 18.8 Å². The summed E-state index contributed by atoms with van der Waals surface area (Å²) in [6.45, 7) is 52.7. The number of halogens is 3. The van der Waals surface area contributed by atoms with Crippen molar-refractivity contribution in [2.45, 2.75) is 250 Å². The first-order chi connectivity index (χ1) is 37.8. The Hall–Kier alpha value is -1.77. The fourth-order valence-electron chi connectivity index (χ4n) is 11.0. The van der Waals surface area contributed by atoms with Crippen molar-refractivity contribution < 1.29 is 54.1 Å². The molecule has 12 heteroatoms. The Morgan fingerprint density at radius 3 is 1.24 bits per heavy atom. The van der Waals surface area contributed by atoms with Gasteiger partial charge in [-0.05, 0) is 194 Å². The van der Waals surface area contributed by atoms with Gasteiger partial charge in [-0.2, -0.15) is 0 Å². The number of nitrogens with zero attached hydrogens (tertiary/aromatic N) is 3. The van der Waals surface area contributed by atoms with Gasteiger partial charge in [-0.1, -0.05) is 204 Å². The summed E-state index contributed by atoms with van der Waals surface area (Å²) in [6.07, 6.45) is 17.4. The van der Waals surface area contributed by atoms with E-state index in [9.17, 15) is 0 Å². The molecule has 7 nitrogen and oxygen atoms in total. The van der Waals surface area contributed by atoms with Crippen LogP contribution in [-0.2, 0) is 24.0 Å². The van der Waals surface area contributed by atoms with Crippen LogP contribution in [0.3, 0.4) is 0 Å². The van der Waals surface area contributed by atoms with E-state index in [-0.39, 0.29) is 95.8 Å². The fourth-order valence-corrected chi connectivity index (χ4v) is 11.0. The van der Waals surface area contributed by atoms with E-state index in [2.05, 4.69) is 230 Å². The maximum absolute atomic E-state index is 5.63. The molecular formula is C73H130BCl2IN6NaO. The van der Waals surface area contributed by atoms with Gasteiger partial charge in [0.15, 0.2) is 0 Å². The molecule has 1 fully saturated rings. The van der Waals surface area contributed by atoms with Crippen LogP contribution in [0.2, 0.25) is 0 Å². The normalized spacial score (nSPS) is 12.4. The molecule has 1 saturated heterocycles. The topological polar surface area (TPSA) is 101 Å². The maximum atomic E-state index is 5.63. The molecule has 4 aromatic rings. The van der Waals surface area contributed by atoms with Crippen LogP contribution in [0.4, 0.5) is 5.69 Å². The molecular weight excluding hydrogens is 1210 g/mol. The molecule has 0 bridgehead atoms. The van der Waals surface area contributed by atoms with Crippen LogP contribution < -0.4 is 64.1 Å². The molecule has 0 atom stereocenters. The Morgan fingerprint density at radius 1 is 0.576 bits per heavy atom. The number of para-hydroxylation sites is 1. The first-order valence-corrected chi connectivity index (χ1v) is 32.1. The van der Waals surface area contributed by atoms with Gasteiger partial charge in [-0.15, -0.1) is 36.4 Å². The molecule has 2 aliphatic heterocycles. The van der Waals surface area contributed by atoms with Crippen LogP contribution in [0, 0.1) is 0 Å². The number of anilines is 1. The van der Waals surface area contributed by atoms with Crippen molar-refractivity contribution in [3.63, 3.8) is 0 Å². The number of rotatable bonds is 25. The predicted octanol–water partition coefficient (Wildman–Crippen LogP) is 14.2. The van der Waals surface area contributed by atoms with Crippen LogP contribution in [0.25, 0.3) is 0 Å². The van der Waals surface area contributed by atoms with Crippen molar-refractivity contribution in [2.24, 2.45) is 10.7 Å². The summed E-state index contributed by atoms with van der Waals surface area (Å²) in [5.41, 5.74) is 23.9. The van der Waals surface area contributed by atoms with Crippen molar-refractivity contribution in [3.05, 3.63) is 134 Å². The van der Waals surface area contributed by atoms with Gasteiger partial charge < -0.3 is 35.8 Å². The molecule has 0 aliphatic carbocycles. The minimum Gasteiger partial charge on any atom is -1.00 e. The monoisotopic (exact) mass is 1340 g/mol. The fraction of sp³-hybridized carbons (Fsp3) is 0.644. The van der Waals surface area contributed by atoms with Crippen LogP contribution >= 0.6 is 36.4 Å². The number of hydrogen-bond donors (Lipinski definition) is 3. The molecule has 2 aliphatic rings. The van der Waals surface area contributed by atoms with Crippen LogP contribution in [0.1, 0.15) is 294 Å². The molecule has 0 unspecified atom stereocenters. The minimum absolute atomic E-state index is 0. The summed E-state index contributed by atoms with van der Waals surface area (Å²) in [5, 5.41) is 3.50. The van der Waals surface area contributed by atoms with E-state index in [1.807, 2.05) is 6.21 Å². The van der Waals surface area contributed by atoms with E-state index in [1.54, 1.807) is 22.3 Å². The third-order valence-electron chi connectivity index (χ3n) is 15.2. The second-order valence-electron chi connectivity index (χ2n) is 24.8. The summed E-state index contributed by atoms with van der Waals surface area (Å²) in [5.74, 6) is 4.79. The van der Waals surface area contributed by atoms with E-state index in [0.717, 1.165) is 91.1 Å². The molecule has 0 spiro atoms. The Morgan fingerprint density at radius 2 is 0.929 bits per heavy atom. The van der Waals surface area contributed by atoms with Gasteiger partial charge >= 0.3 is 29.6 Å². The predicted molar refractivity (Wildman–Crippen MR) is 390 cm³/mol. The molecule has 0 amide bonds. The van der Waals surface area contributed by atoms with Crippen LogP contribution in [-0.4, -0.2) is 84.6 Å². The van der Waals surface area contributed by atoms with Gasteiger partial charge in [-0.25, -0.2) is 4.90 Å². The Balaban J connectivity index is -0.000000185. The van der Waals surface area contributed by atoms with E-state index in [1.165, 1.54) is 83.2 Å². The molecule has 3 radical (unpaired) electrons. The van der Waals surface area contributed by atoms with Crippen LogP contribution in [0.15, 0.2) is 77.8 Å². The number of ether oxygens (including phenoxy) is 1. The van der Waals surface area contributed by atoms with Crippen molar-refractivity contribution in [1.29, 1.82) is 0 Å². The Bertz CT molecular complexity index is 2240. The third-order valence-corrected chi connectivity index (χ3v) is 15.2. The number of benzene rings is 4. The summed E-state index contributed by atoms with van der Waals surface area (Å²) in [6, 6.07) is 27.2. The van der Waals surface area contributed by atoms with E-state index in [4.69, 9.17) is 10.5 Å². The molecule has 4 aromatic carbocycles. The minimum atomic E-state index is 0. The largest absolute Gasteiger partial charge is 1.00 e. The first kappa shape index (κ1) is 92.0. The summed E-state index contributed by atoms with van der Waals surface area (Å²) in [7, 11) is 0. The number of nitrogens with one attached hydrogen (secondary N) is 1. The summed E-state index contributed by atoms with van der Waals surface area (Å²) < 4.78 is 7.39. The average molecular weight is 1340 g/mol. The van der Waals surface area contributed by atoms with E-state index >= 15 is 0 Å². The third kappa shape index (κ3) is 33.8. The second kappa shape index (κ2) is 53.0. The number of aliphatic imine (C=N–C) groups is 1. The summed E-state index contributed by atoms with van der Waals surface area (Å²) >= 11 is 0.